The third-order valence-corrected chi connectivity index (χ3v) is 4.27. The van der Waals surface area contributed by atoms with Gasteiger partial charge in [0.15, 0.2) is 0 Å². The summed E-state index contributed by atoms with van der Waals surface area (Å²) in [6.07, 6.45) is 6.96. The molecule has 2 nitrogen and oxygen atoms in total. The van der Waals surface area contributed by atoms with E-state index < -0.39 is 0 Å². The second-order valence-electron chi connectivity index (χ2n) is 6.04. The van der Waals surface area contributed by atoms with E-state index in [0.717, 1.165) is 0 Å². The lowest BCUT2D eigenvalue weighted by atomic mass is 9.85. The van der Waals surface area contributed by atoms with Crippen molar-refractivity contribution in [3.05, 3.63) is 0 Å². The van der Waals surface area contributed by atoms with E-state index in [4.69, 9.17) is 0 Å². The van der Waals surface area contributed by atoms with Gasteiger partial charge in [0.25, 0.3) is 0 Å². The van der Waals surface area contributed by atoms with Crippen LogP contribution in [0, 0.1) is 5.41 Å². The largest absolute Gasteiger partial charge is 0.316 e. The smallest absolute Gasteiger partial charge is 0.00527 e. The summed E-state index contributed by atoms with van der Waals surface area (Å²) in [7, 11) is 0. The summed E-state index contributed by atoms with van der Waals surface area (Å²) >= 11 is 0. The summed E-state index contributed by atoms with van der Waals surface area (Å²) in [4.78, 5) is 2.64. The van der Waals surface area contributed by atoms with Gasteiger partial charge in [0.1, 0.15) is 0 Å². The van der Waals surface area contributed by atoms with Crippen LogP contribution in [0.1, 0.15) is 59.8 Å². The second kappa shape index (κ2) is 7.38. The van der Waals surface area contributed by atoms with Crippen molar-refractivity contribution in [3.8, 4) is 0 Å². The van der Waals surface area contributed by atoms with Crippen LogP contribution in [0.3, 0.4) is 0 Å². The molecule has 0 aromatic rings. The molecule has 0 unspecified atom stereocenters. The predicted molar refractivity (Wildman–Crippen MR) is 76.4 cm³/mol. The van der Waals surface area contributed by atoms with Crippen molar-refractivity contribution in [1.29, 1.82) is 0 Å². The molecule has 0 amide bonds. The van der Waals surface area contributed by atoms with Crippen molar-refractivity contribution in [2.24, 2.45) is 5.41 Å². The van der Waals surface area contributed by atoms with Gasteiger partial charge < -0.3 is 10.2 Å². The van der Waals surface area contributed by atoms with Crippen molar-refractivity contribution in [1.82, 2.24) is 10.2 Å². The second-order valence-corrected chi connectivity index (χ2v) is 6.04. The minimum Gasteiger partial charge on any atom is -0.316 e. The zero-order valence-electron chi connectivity index (χ0n) is 12.4. The highest BCUT2D eigenvalue weighted by atomic mass is 15.2. The molecule has 1 fully saturated rings. The van der Waals surface area contributed by atoms with Gasteiger partial charge in [0.2, 0.25) is 0 Å². The summed E-state index contributed by atoms with van der Waals surface area (Å²) < 4.78 is 0. The van der Waals surface area contributed by atoms with Crippen LogP contribution in [0.15, 0.2) is 0 Å². The van der Waals surface area contributed by atoms with Gasteiger partial charge in [-0.25, -0.2) is 0 Å². The lowest BCUT2D eigenvalue weighted by Gasteiger charge is -2.37. The topological polar surface area (TPSA) is 15.3 Å². The Labute approximate surface area is 108 Å². The summed E-state index contributed by atoms with van der Waals surface area (Å²) in [6.45, 7) is 14.1. The van der Waals surface area contributed by atoms with Crippen LogP contribution in [0.2, 0.25) is 0 Å². The zero-order chi connectivity index (χ0) is 12.7. The first kappa shape index (κ1) is 15.0. The van der Waals surface area contributed by atoms with E-state index in [0.29, 0.717) is 11.5 Å². The fourth-order valence-corrected chi connectivity index (χ4v) is 3.14. The Morgan fingerprint density at radius 1 is 1.18 bits per heavy atom. The minimum atomic E-state index is 0.565. The van der Waals surface area contributed by atoms with Crippen LogP contribution < -0.4 is 5.32 Å². The van der Waals surface area contributed by atoms with Gasteiger partial charge in [0, 0.05) is 19.1 Å². The molecule has 0 aliphatic heterocycles. The Hall–Kier alpha value is -0.0800. The van der Waals surface area contributed by atoms with Crippen LogP contribution in [0.25, 0.3) is 0 Å². The van der Waals surface area contributed by atoms with Crippen molar-refractivity contribution in [2.75, 3.05) is 26.2 Å². The lowest BCUT2D eigenvalue weighted by Crippen LogP contribution is -2.45. The van der Waals surface area contributed by atoms with Gasteiger partial charge in [-0.2, -0.15) is 0 Å². The first-order valence-electron chi connectivity index (χ1n) is 7.58. The number of nitrogens with zero attached hydrogens (tertiary/aromatic N) is 1. The summed E-state index contributed by atoms with van der Waals surface area (Å²) in [6, 6.07) is 0.684. The summed E-state index contributed by atoms with van der Waals surface area (Å²) in [5.74, 6) is 0. The summed E-state index contributed by atoms with van der Waals surface area (Å²) in [5.41, 5.74) is 0.565. The monoisotopic (exact) mass is 240 g/mol. The van der Waals surface area contributed by atoms with Crippen LogP contribution in [0.4, 0.5) is 0 Å². The fraction of sp³-hybridized carbons (Fsp3) is 1.00. The highest BCUT2D eigenvalue weighted by Crippen LogP contribution is 2.38. The standard InChI is InChI=1S/C15H32N2/c1-5-11-16-12-15(9-7-8-10-15)13-17(6-2)14(3)4/h14,16H,5-13H2,1-4H3. The lowest BCUT2D eigenvalue weighted by molar-refractivity contribution is 0.127. The molecule has 1 N–H and O–H groups in total. The van der Waals surface area contributed by atoms with E-state index in [2.05, 4.69) is 37.9 Å². The average molecular weight is 240 g/mol. The molecule has 0 atom stereocenters. The van der Waals surface area contributed by atoms with Crippen LogP contribution in [-0.4, -0.2) is 37.1 Å². The Balaban J connectivity index is 2.51. The van der Waals surface area contributed by atoms with Gasteiger partial charge in [-0.15, -0.1) is 0 Å². The van der Waals surface area contributed by atoms with Gasteiger partial charge in [-0.3, -0.25) is 0 Å². The number of hydrogen-bond donors (Lipinski definition) is 1. The molecule has 0 aromatic heterocycles. The first-order valence-corrected chi connectivity index (χ1v) is 7.58. The van der Waals surface area contributed by atoms with E-state index >= 15 is 0 Å². The molecule has 0 aromatic carbocycles. The Morgan fingerprint density at radius 3 is 2.29 bits per heavy atom. The van der Waals surface area contributed by atoms with Crippen LogP contribution >= 0.6 is 0 Å². The molecule has 0 spiro atoms. The molecular formula is C15H32N2. The van der Waals surface area contributed by atoms with Crippen molar-refractivity contribution in [3.63, 3.8) is 0 Å². The highest BCUT2D eigenvalue weighted by Gasteiger charge is 2.35. The van der Waals surface area contributed by atoms with E-state index in [1.54, 1.807) is 0 Å². The molecule has 2 heteroatoms. The van der Waals surface area contributed by atoms with E-state index in [-0.39, 0.29) is 0 Å². The molecule has 1 saturated carbocycles. The molecule has 1 aliphatic carbocycles. The fourth-order valence-electron chi connectivity index (χ4n) is 3.14. The molecular weight excluding hydrogens is 208 g/mol. The Bertz CT molecular complexity index is 195. The quantitative estimate of drug-likeness (QED) is 0.655. The molecule has 0 radical (unpaired) electrons. The van der Waals surface area contributed by atoms with Crippen molar-refractivity contribution < 1.29 is 0 Å². The van der Waals surface area contributed by atoms with Gasteiger partial charge >= 0.3 is 0 Å². The number of nitrogens with one attached hydrogen (secondary N) is 1. The SMILES string of the molecule is CCCNCC1(CN(CC)C(C)C)CCCC1. The van der Waals surface area contributed by atoms with Crippen LogP contribution in [0.5, 0.6) is 0 Å². The highest BCUT2D eigenvalue weighted by molar-refractivity contribution is 4.89. The normalized spacial score (nSPS) is 19.4. The third-order valence-electron chi connectivity index (χ3n) is 4.27. The summed E-state index contributed by atoms with van der Waals surface area (Å²) in [5, 5.41) is 3.66. The van der Waals surface area contributed by atoms with Crippen molar-refractivity contribution in [2.45, 2.75) is 65.8 Å². The molecule has 1 aliphatic rings. The van der Waals surface area contributed by atoms with Gasteiger partial charge in [0.05, 0.1) is 0 Å². The van der Waals surface area contributed by atoms with E-state index in [9.17, 15) is 0 Å². The molecule has 0 heterocycles. The molecule has 17 heavy (non-hydrogen) atoms. The van der Waals surface area contributed by atoms with Gasteiger partial charge in [-0.05, 0) is 51.6 Å². The minimum absolute atomic E-state index is 0.565. The molecule has 0 bridgehead atoms. The number of hydrogen-bond acceptors (Lipinski definition) is 2. The average Bonchev–Trinajstić information content (AvgIpc) is 2.75. The molecule has 102 valence electrons. The molecule has 1 rings (SSSR count). The Kier molecular flexibility index (Phi) is 6.50. The van der Waals surface area contributed by atoms with Crippen LogP contribution in [-0.2, 0) is 0 Å². The first-order chi connectivity index (χ1) is 8.13. The maximum absolute atomic E-state index is 3.66. The third kappa shape index (κ3) is 4.59. The predicted octanol–water partition coefficient (Wildman–Crippen LogP) is 3.28. The van der Waals surface area contributed by atoms with E-state index in [1.807, 2.05) is 0 Å². The van der Waals surface area contributed by atoms with Crippen molar-refractivity contribution >= 4 is 0 Å². The molecule has 0 saturated heterocycles. The maximum atomic E-state index is 3.66. The van der Waals surface area contributed by atoms with Gasteiger partial charge in [-0.1, -0.05) is 26.7 Å². The Morgan fingerprint density at radius 2 is 1.82 bits per heavy atom. The zero-order valence-corrected chi connectivity index (χ0v) is 12.4. The number of rotatable bonds is 8. The maximum Gasteiger partial charge on any atom is 0.00527 e. The van der Waals surface area contributed by atoms with E-state index in [1.165, 1.54) is 58.3 Å².